The Hall–Kier alpha value is -0.580. The molecule has 0 bridgehead atoms. The molecule has 0 radical (unpaired) electrons. The summed E-state index contributed by atoms with van der Waals surface area (Å²) in [7, 11) is 1.68. The molecule has 1 aromatic carbocycles. The topological polar surface area (TPSA) is 27.7 Å². The van der Waals surface area contributed by atoms with Gasteiger partial charge in [0.25, 0.3) is 0 Å². The van der Waals surface area contributed by atoms with E-state index in [0.29, 0.717) is 0 Å². The van der Waals surface area contributed by atoms with Crippen LogP contribution in [0.5, 0.6) is 5.75 Å². The molecule has 4 heteroatoms. The summed E-state index contributed by atoms with van der Waals surface area (Å²) in [6, 6.07) is 8.08. The maximum absolute atomic E-state index is 6.27. The van der Waals surface area contributed by atoms with Gasteiger partial charge in [-0.2, -0.15) is 0 Å². The highest BCUT2D eigenvalue weighted by molar-refractivity contribution is 9.09. The van der Waals surface area contributed by atoms with Gasteiger partial charge in [0.15, 0.2) is 0 Å². The monoisotopic (exact) mass is 342 g/mol. The predicted molar refractivity (Wildman–Crippen MR) is 83.6 cm³/mol. The van der Waals surface area contributed by atoms with Crippen molar-refractivity contribution in [1.82, 2.24) is 0 Å². The first-order chi connectivity index (χ1) is 9.62. The lowest BCUT2D eigenvalue weighted by atomic mass is 10.0. The summed E-state index contributed by atoms with van der Waals surface area (Å²) in [4.78, 5) is 0. The number of methoxy groups -OCH3 is 1. The second-order valence-corrected chi connectivity index (χ2v) is 6.05. The van der Waals surface area contributed by atoms with E-state index in [0.717, 1.165) is 23.9 Å². The van der Waals surface area contributed by atoms with E-state index in [9.17, 15) is 0 Å². The molecule has 2 rings (SSSR count). The Balaban J connectivity index is 2.00. The van der Waals surface area contributed by atoms with E-state index in [4.69, 9.17) is 14.2 Å². The maximum atomic E-state index is 6.27. The number of benzene rings is 1. The molecule has 1 aromatic rings. The Morgan fingerprint density at radius 1 is 1.20 bits per heavy atom. The average Bonchev–Trinajstić information content (AvgIpc) is 2.44. The molecular weight excluding hydrogens is 320 g/mol. The minimum absolute atomic E-state index is 0.0726. The fraction of sp³-hybridized carbons (Fsp3) is 0.625. The zero-order chi connectivity index (χ0) is 14.5. The van der Waals surface area contributed by atoms with Gasteiger partial charge in [-0.15, -0.1) is 0 Å². The summed E-state index contributed by atoms with van der Waals surface area (Å²) < 4.78 is 17.2. The summed E-state index contributed by atoms with van der Waals surface area (Å²) in [5, 5.41) is 0.791. The highest BCUT2D eigenvalue weighted by atomic mass is 79.9. The highest BCUT2D eigenvalue weighted by Crippen LogP contribution is 2.29. The first-order valence-electron chi connectivity index (χ1n) is 7.13. The normalized spacial score (nSPS) is 28.1. The van der Waals surface area contributed by atoms with E-state index in [1.165, 1.54) is 5.56 Å². The van der Waals surface area contributed by atoms with Crippen molar-refractivity contribution >= 4 is 15.9 Å². The van der Waals surface area contributed by atoms with Crippen LogP contribution in [0.15, 0.2) is 24.3 Å². The van der Waals surface area contributed by atoms with Gasteiger partial charge in [-0.3, -0.25) is 0 Å². The van der Waals surface area contributed by atoms with Gasteiger partial charge in [-0.1, -0.05) is 28.1 Å². The molecule has 0 spiro atoms. The van der Waals surface area contributed by atoms with Crippen LogP contribution in [0.1, 0.15) is 38.4 Å². The van der Waals surface area contributed by atoms with Crippen LogP contribution >= 0.6 is 15.9 Å². The van der Waals surface area contributed by atoms with Crippen LogP contribution in [0.25, 0.3) is 0 Å². The first-order valence-corrected chi connectivity index (χ1v) is 8.25. The first kappa shape index (κ1) is 15.8. The Morgan fingerprint density at radius 3 is 2.30 bits per heavy atom. The van der Waals surface area contributed by atoms with E-state index in [1.807, 2.05) is 12.1 Å². The van der Waals surface area contributed by atoms with Gasteiger partial charge in [-0.25, -0.2) is 0 Å². The Morgan fingerprint density at radius 2 is 1.80 bits per heavy atom. The molecule has 1 heterocycles. The molecule has 20 heavy (non-hydrogen) atoms. The average molecular weight is 343 g/mol. The summed E-state index contributed by atoms with van der Waals surface area (Å²) in [6.45, 7) is 4.23. The van der Waals surface area contributed by atoms with Crippen molar-refractivity contribution in [2.24, 2.45) is 0 Å². The molecule has 3 atom stereocenters. The van der Waals surface area contributed by atoms with Crippen LogP contribution in [0.4, 0.5) is 0 Å². The summed E-state index contributed by atoms with van der Waals surface area (Å²) in [5.41, 5.74) is 1.18. The number of ether oxygens (including phenoxy) is 3. The lowest BCUT2D eigenvalue weighted by Gasteiger charge is -2.34. The standard InChI is InChI=1S/C16H23BrO3/c1-11-8-15(9-12(2)19-11)20-16(10-17)13-4-6-14(18-3)7-5-13/h4-7,11-12,15-16H,8-10H2,1-3H3. The maximum Gasteiger partial charge on any atom is 0.118 e. The van der Waals surface area contributed by atoms with Crippen molar-refractivity contribution in [2.75, 3.05) is 12.4 Å². The molecule has 0 aliphatic carbocycles. The Kier molecular flexibility index (Phi) is 5.87. The van der Waals surface area contributed by atoms with Crippen LogP contribution in [0, 0.1) is 0 Å². The summed E-state index contributed by atoms with van der Waals surface area (Å²) in [5.74, 6) is 0.871. The van der Waals surface area contributed by atoms with E-state index in [-0.39, 0.29) is 24.4 Å². The quantitative estimate of drug-likeness (QED) is 0.754. The van der Waals surface area contributed by atoms with Crippen LogP contribution in [-0.2, 0) is 9.47 Å². The summed E-state index contributed by atoms with van der Waals surface area (Å²) >= 11 is 3.56. The largest absolute Gasteiger partial charge is 0.497 e. The molecule has 0 aromatic heterocycles. The molecule has 1 fully saturated rings. The lowest BCUT2D eigenvalue weighted by Crippen LogP contribution is -2.35. The lowest BCUT2D eigenvalue weighted by molar-refractivity contribution is -0.118. The fourth-order valence-corrected chi connectivity index (χ4v) is 3.24. The summed E-state index contributed by atoms with van der Waals surface area (Å²) in [6.07, 6.45) is 2.81. The van der Waals surface area contributed by atoms with Crippen molar-refractivity contribution in [3.05, 3.63) is 29.8 Å². The molecule has 1 aliphatic rings. The van der Waals surface area contributed by atoms with Gasteiger partial charge in [-0.05, 0) is 44.4 Å². The van der Waals surface area contributed by atoms with E-state index in [1.54, 1.807) is 7.11 Å². The van der Waals surface area contributed by atoms with E-state index < -0.39 is 0 Å². The van der Waals surface area contributed by atoms with Crippen LogP contribution < -0.4 is 4.74 Å². The van der Waals surface area contributed by atoms with Gasteiger partial charge >= 0.3 is 0 Å². The molecule has 0 saturated carbocycles. The predicted octanol–water partition coefficient (Wildman–Crippen LogP) is 4.10. The molecule has 112 valence electrons. The highest BCUT2D eigenvalue weighted by Gasteiger charge is 2.27. The number of hydrogen-bond donors (Lipinski definition) is 0. The second kappa shape index (κ2) is 7.43. The third-order valence-corrected chi connectivity index (χ3v) is 4.23. The molecule has 1 saturated heterocycles. The fourth-order valence-electron chi connectivity index (χ4n) is 2.71. The van der Waals surface area contributed by atoms with Crippen molar-refractivity contribution < 1.29 is 14.2 Å². The number of halogens is 1. The van der Waals surface area contributed by atoms with Crippen molar-refractivity contribution in [1.29, 1.82) is 0 Å². The molecule has 0 N–H and O–H groups in total. The van der Waals surface area contributed by atoms with E-state index >= 15 is 0 Å². The zero-order valence-corrected chi connectivity index (χ0v) is 13.9. The zero-order valence-electron chi connectivity index (χ0n) is 12.3. The van der Waals surface area contributed by atoms with Crippen molar-refractivity contribution in [3.63, 3.8) is 0 Å². The van der Waals surface area contributed by atoms with Crippen molar-refractivity contribution in [2.45, 2.75) is 51.1 Å². The number of rotatable bonds is 5. The van der Waals surface area contributed by atoms with Gasteiger partial charge in [0.05, 0.1) is 31.5 Å². The van der Waals surface area contributed by atoms with Gasteiger partial charge in [0.2, 0.25) is 0 Å². The van der Waals surface area contributed by atoms with Gasteiger partial charge in [0, 0.05) is 5.33 Å². The smallest absolute Gasteiger partial charge is 0.118 e. The van der Waals surface area contributed by atoms with Crippen LogP contribution in [-0.4, -0.2) is 30.8 Å². The minimum atomic E-state index is 0.0726. The number of hydrogen-bond acceptors (Lipinski definition) is 3. The molecule has 3 nitrogen and oxygen atoms in total. The SMILES string of the molecule is COc1ccc(C(CBr)OC2CC(C)OC(C)C2)cc1. The Bertz CT molecular complexity index is 397. The molecule has 0 amide bonds. The van der Waals surface area contributed by atoms with Crippen LogP contribution in [0.3, 0.4) is 0 Å². The molecular formula is C16H23BrO3. The van der Waals surface area contributed by atoms with Gasteiger partial charge < -0.3 is 14.2 Å². The van der Waals surface area contributed by atoms with Crippen molar-refractivity contribution in [3.8, 4) is 5.75 Å². The van der Waals surface area contributed by atoms with Crippen LogP contribution in [0.2, 0.25) is 0 Å². The second-order valence-electron chi connectivity index (χ2n) is 5.40. The molecule has 3 unspecified atom stereocenters. The Labute approximate surface area is 129 Å². The number of alkyl halides is 1. The minimum Gasteiger partial charge on any atom is -0.497 e. The third-order valence-electron chi connectivity index (χ3n) is 3.64. The third kappa shape index (κ3) is 4.21. The molecule has 1 aliphatic heterocycles. The van der Waals surface area contributed by atoms with E-state index in [2.05, 4.69) is 41.9 Å². The van der Waals surface area contributed by atoms with Gasteiger partial charge in [0.1, 0.15) is 5.75 Å².